The fourth-order valence-corrected chi connectivity index (χ4v) is 2.90. The summed E-state index contributed by atoms with van der Waals surface area (Å²) in [5.74, 6) is 2.34. The number of hydrogen-bond donors (Lipinski definition) is 0. The highest BCUT2D eigenvalue weighted by Crippen LogP contribution is 2.47. The Balaban J connectivity index is 2.14. The van der Waals surface area contributed by atoms with E-state index in [9.17, 15) is 0 Å². The quantitative estimate of drug-likeness (QED) is 0.750. The lowest BCUT2D eigenvalue weighted by Crippen LogP contribution is -2.01. The number of nitrogens with zero attached hydrogens (tertiary/aromatic N) is 2. The van der Waals surface area contributed by atoms with Gasteiger partial charge in [-0.25, -0.2) is 4.98 Å². The van der Waals surface area contributed by atoms with E-state index >= 15 is 0 Å². The van der Waals surface area contributed by atoms with Crippen LogP contribution in [0.1, 0.15) is 37.2 Å². The zero-order chi connectivity index (χ0) is 12.0. The molecule has 0 saturated heterocycles. The van der Waals surface area contributed by atoms with E-state index in [2.05, 4.69) is 41.6 Å². The van der Waals surface area contributed by atoms with Crippen LogP contribution < -0.4 is 0 Å². The molecule has 0 bridgehead atoms. The standard InChI is InChI=1S/C14H17ClN2/c1-3-10-7-13(10)17-12-5-4-9(2)6-11(12)16-14(17)8-15/h4-6,10,13H,3,7-8H2,1-2H3. The third-order valence-electron chi connectivity index (χ3n) is 3.78. The third kappa shape index (κ3) is 1.75. The third-order valence-corrected chi connectivity index (χ3v) is 4.02. The van der Waals surface area contributed by atoms with E-state index in [4.69, 9.17) is 11.6 Å². The van der Waals surface area contributed by atoms with E-state index in [-0.39, 0.29) is 0 Å². The van der Waals surface area contributed by atoms with Gasteiger partial charge in [0.15, 0.2) is 0 Å². The minimum Gasteiger partial charge on any atom is -0.324 e. The number of imidazole rings is 1. The maximum Gasteiger partial charge on any atom is 0.125 e. The lowest BCUT2D eigenvalue weighted by molar-refractivity contribution is 0.637. The van der Waals surface area contributed by atoms with Gasteiger partial charge in [0.1, 0.15) is 5.82 Å². The lowest BCUT2D eigenvalue weighted by atomic mass is 10.2. The van der Waals surface area contributed by atoms with Crippen molar-refractivity contribution < 1.29 is 0 Å². The number of rotatable bonds is 3. The van der Waals surface area contributed by atoms with Crippen LogP contribution in [0.25, 0.3) is 11.0 Å². The summed E-state index contributed by atoms with van der Waals surface area (Å²) >= 11 is 6.02. The van der Waals surface area contributed by atoms with Gasteiger partial charge in [-0.1, -0.05) is 19.4 Å². The average molecular weight is 249 g/mol. The molecule has 2 atom stereocenters. The largest absolute Gasteiger partial charge is 0.324 e. The van der Waals surface area contributed by atoms with Crippen LogP contribution in [-0.2, 0) is 5.88 Å². The first-order chi connectivity index (χ1) is 8.24. The van der Waals surface area contributed by atoms with Crippen LogP contribution in [0.5, 0.6) is 0 Å². The number of halogens is 1. The Morgan fingerprint density at radius 1 is 1.47 bits per heavy atom. The van der Waals surface area contributed by atoms with Crippen molar-refractivity contribution >= 4 is 22.6 Å². The summed E-state index contributed by atoms with van der Waals surface area (Å²) < 4.78 is 2.36. The SMILES string of the molecule is CCC1CC1n1c(CCl)nc2cc(C)ccc21. The summed E-state index contributed by atoms with van der Waals surface area (Å²) in [5, 5.41) is 0. The summed E-state index contributed by atoms with van der Waals surface area (Å²) in [6.45, 7) is 4.36. The highest BCUT2D eigenvalue weighted by molar-refractivity contribution is 6.16. The number of alkyl halides is 1. The molecule has 2 aromatic rings. The van der Waals surface area contributed by atoms with Crippen molar-refractivity contribution in [2.24, 2.45) is 5.92 Å². The number of aryl methyl sites for hydroxylation is 1. The Morgan fingerprint density at radius 3 is 2.94 bits per heavy atom. The predicted octanol–water partition coefficient (Wildman–Crippen LogP) is 4.05. The second kappa shape index (κ2) is 4.02. The molecule has 90 valence electrons. The highest BCUT2D eigenvalue weighted by atomic mass is 35.5. The van der Waals surface area contributed by atoms with Gasteiger partial charge in [-0.05, 0) is 37.0 Å². The van der Waals surface area contributed by atoms with Crippen LogP contribution in [0.3, 0.4) is 0 Å². The van der Waals surface area contributed by atoms with Gasteiger partial charge in [0.25, 0.3) is 0 Å². The molecule has 0 N–H and O–H groups in total. The van der Waals surface area contributed by atoms with E-state index < -0.39 is 0 Å². The molecule has 1 aromatic carbocycles. The second-order valence-corrected chi connectivity index (χ2v) is 5.26. The highest BCUT2D eigenvalue weighted by Gasteiger charge is 2.38. The first kappa shape index (κ1) is 11.1. The molecule has 3 heteroatoms. The van der Waals surface area contributed by atoms with E-state index in [0.717, 1.165) is 17.3 Å². The molecule has 1 fully saturated rings. The van der Waals surface area contributed by atoms with Crippen molar-refractivity contribution in [3.8, 4) is 0 Å². The fraction of sp³-hybridized carbons (Fsp3) is 0.500. The van der Waals surface area contributed by atoms with Crippen molar-refractivity contribution in [1.82, 2.24) is 9.55 Å². The maximum atomic E-state index is 6.02. The normalized spacial score (nSPS) is 23.2. The van der Waals surface area contributed by atoms with E-state index in [1.165, 1.54) is 23.9 Å². The number of hydrogen-bond acceptors (Lipinski definition) is 1. The number of benzene rings is 1. The van der Waals surface area contributed by atoms with E-state index in [1.54, 1.807) is 0 Å². The summed E-state index contributed by atoms with van der Waals surface area (Å²) in [4.78, 5) is 4.65. The van der Waals surface area contributed by atoms with Crippen molar-refractivity contribution in [1.29, 1.82) is 0 Å². The Kier molecular flexibility index (Phi) is 2.62. The second-order valence-electron chi connectivity index (χ2n) is 5.00. The van der Waals surface area contributed by atoms with Gasteiger partial charge in [-0.15, -0.1) is 11.6 Å². The van der Waals surface area contributed by atoms with Crippen molar-refractivity contribution in [3.05, 3.63) is 29.6 Å². The monoisotopic (exact) mass is 248 g/mol. The van der Waals surface area contributed by atoms with Crippen molar-refractivity contribution in [2.45, 2.75) is 38.6 Å². The van der Waals surface area contributed by atoms with Crippen molar-refractivity contribution in [3.63, 3.8) is 0 Å². The van der Waals surface area contributed by atoms with Gasteiger partial charge < -0.3 is 4.57 Å². The molecular formula is C14H17ClN2. The molecule has 1 heterocycles. The minimum absolute atomic E-state index is 0.501. The van der Waals surface area contributed by atoms with E-state index in [0.29, 0.717) is 11.9 Å². The zero-order valence-electron chi connectivity index (χ0n) is 10.3. The van der Waals surface area contributed by atoms with Crippen LogP contribution in [0.15, 0.2) is 18.2 Å². The Labute approximate surface area is 107 Å². The maximum absolute atomic E-state index is 6.02. The van der Waals surface area contributed by atoms with Gasteiger partial charge in [0.05, 0.1) is 16.9 Å². The molecule has 0 spiro atoms. The molecule has 2 unspecified atom stereocenters. The smallest absolute Gasteiger partial charge is 0.125 e. The van der Waals surface area contributed by atoms with Gasteiger partial charge in [0, 0.05) is 6.04 Å². The molecule has 0 aliphatic heterocycles. The Morgan fingerprint density at radius 2 is 2.29 bits per heavy atom. The number of fused-ring (bicyclic) bond motifs is 1. The van der Waals surface area contributed by atoms with Crippen LogP contribution in [0, 0.1) is 12.8 Å². The van der Waals surface area contributed by atoms with Crippen LogP contribution >= 0.6 is 11.6 Å². The van der Waals surface area contributed by atoms with Gasteiger partial charge in [-0.2, -0.15) is 0 Å². The molecule has 0 amide bonds. The van der Waals surface area contributed by atoms with E-state index in [1.807, 2.05) is 0 Å². The summed E-state index contributed by atoms with van der Waals surface area (Å²) in [5.41, 5.74) is 3.58. The van der Waals surface area contributed by atoms with Crippen molar-refractivity contribution in [2.75, 3.05) is 0 Å². The van der Waals surface area contributed by atoms with Gasteiger partial charge in [-0.3, -0.25) is 0 Å². The summed E-state index contributed by atoms with van der Waals surface area (Å²) in [6, 6.07) is 7.10. The first-order valence-corrected chi connectivity index (χ1v) is 6.81. The topological polar surface area (TPSA) is 17.8 Å². The Hall–Kier alpha value is -1.02. The van der Waals surface area contributed by atoms with Gasteiger partial charge in [0.2, 0.25) is 0 Å². The molecule has 1 aliphatic carbocycles. The molecule has 0 radical (unpaired) electrons. The fourth-order valence-electron chi connectivity index (χ4n) is 2.71. The molecule has 1 aromatic heterocycles. The number of aromatic nitrogens is 2. The van der Waals surface area contributed by atoms with Gasteiger partial charge >= 0.3 is 0 Å². The first-order valence-electron chi connectivity index (χ1n) is 6.28. The molecule has 1 saturated carbocycles. The average Bonchev–Trinajstić information content (AvgIpc) is 3.02. The molecular weight excluding hydrogens is 232 g/mol. The lowest BCUT2D eigenvalue weighted by Gasteiger charge is -2.06. The Bertz CT molecular complexity index is 559. The molecule has 2 nitrogen and oxygen atoms in total. The molecule has 1 aliphatic rings. The molecule has 17 heavy (non-hydrogen) atoms. The summed E-state index contributed by atoms with van der Waals surface area (Å²) in [7, 11) is 0. The summed E-state index contributed by atoms with van der Waals surface area (Å²) in [6.07, 6.45) is 2.53. The predicted molar refractivity (Wildman–Crippen MR) is 71.5 cm³/mol. The zero-order valence-corrected chi connectivity index (χ0v) is 11.0. The minimum atomic E-state index is 0.501. The van der Waals surface area contributed by atoms with Crippen LogP contribution in [0.4, 0.5) is 0 Å². The molecule has 3 rings (SSSR count). The van der Waals surface area contributed by atoms with Crippen LogP contribution in [-0.4, -0.2) is 9.55 Å². The van der Waals surface area contributed by atoms with Crippen LogP contribution in [0.2, 0.25) is 0 Å².